The van der Waals surface area contributed by atoms with Gasteiger partial charge in [-0.25, -0.2) is 0 Å². The molecule has 94 valence electrons. The van der Waals surface area contributed by atoms with Gasteiger partial charge in [-0.3, -0.25) is 0 Å². The fraction of sp³-hybridized carbons (Fsp3) is 0.250. The van der Waals surface area contributed by atoms with Gasteiger partial charge in [0, 0.05) is 24.0 Å². The lowest BCUT2D eigenvalue weighted by molar-refractivity contribution is 0.282. The Morgan fingerprint density at radius 2 is 1.72 bits per heavy atom. The summed E-state index contributed by atoms with van der Waals surface area (Å²) in [5.41, 5.74) is 5.67. The second kappa shape index (κ2) is 5.23. The van der Waals surface area contributed by atoms with Gasteiger partial charge in [-0.05, 0) is 31.5 Å². The fourth-order valence-corrected chi connectivity index (χ4v) is 2.28. The predicted octanol–water partition coefficient (Wildman–Crippen LogP) is 3.56. The van der Waals surface area contributed by atoms with E-state index in [1.165, 1.54) is 16.8 Å². The van der Waals surface area contributed by atoms with Crippen molar-refractivity contribution in [2.24, 2.45) is 0 Å². The summed E-state index contributed by atoms with van der Waals surface area (Å²) < 4.78 is 0. The minimum absolute atomic E-state index is 0.0609. The summed E-state index contributed by atoms with van der Waals surface area (Å²) in [5.74, 6) is 0. The van der Waals surface area contributed by atoms with E-state index in [1.54, 1.807) is 0 Å². The Labute approximate surface area is 109 Å². The van der Waals surface area contributed by atoms with Crippen LogP contribution in [0.15, 0.2) is 42.5 Å². The van der Waals surface area contributed by atoms with Crippen molar-refractivity contribution >= 4 is 11.4 Å². The Morgan fingerprint density at radius 3 is 2.39 bits per heavy atom. The van der Waals surface area contributed by atoms with Crippen LogP contribution in [0.2, 0.25) is 0 Å². The number of aliphatic hydroxyl groups is 1. The molecule has 0 aliphatic rings. The third-order valence-electron chi connectivity index (χ3n) is 3.24. The van der Waals surface area contributed by atoms with Crippen LogP contribution >= 0.6 is 0 Å². The van der Waals surface area contributed by atoms with Gasteiger partial charge in [-0.1, -0.05) is 35.9 Å². The molecule has 1 N–H and O–H groups in total. The number of benzene rings is 2. The van der Waals surface area contributed by atoms with Gasteiger partial charge in [-0.2, -0.15) is 0 Å². The van der Waals surface area contributed by atoms with Crippen LogP contribution in [0.25, 0.3) is 0 Å². The SMILES string of the molecule is Cc1ccc(N(C)c2ccccc2CO)c(C)c1. The lowest BCUT2D eigenvalue weighted by Crippen LogP contribution is -2.13. The van der Waals surface area contributed by atoms with Gasteiger partial charge in [0.05, 0.1) is 6.61 Å². The average Bonchev–Trinajstić information content (AvgIpc) is 2.38. The molecular formula is C16H19NO. The number of para-hydroxylation sites is 1. The maximum atomic E-state index is 9.40. The summed E-state index contributed by atoms with van der Waals surface area (Å²) in [6.07, 6.45) is 0. The monoisotopic (exact) mass is 241 g/mol. The van der Waals surface area contributed by atoms with Crippen LogP contribution in [-0.2, 0) is 6.61 Å². The minimum Gasteiger partial charge on any atom is -0.392 e. The summed E-state index contributed by atoms with van der Waals surface area (Å²) in [4.78, 5) is 2.13. The van der Waals surface area contributed by atoms with Crippen molar-refractivity contribution in [1.29, 1.82) is 0 Å². The van der Waals surface area contributed by atoms with Crippen LogP contribution in [0, 0.1) is 13.8 Å². The van der Waals surface area contributed by atoms with Gasteiger partial charge in [0.2, 0.25) is 0 Å². The highest BCUT2D eigenvalue weighted by Gasteiger charge is 2.10. The van der Waals surface area contributed by atoms with Gasteiger partial charge in [-0.15, -0.1) is 0 Å². The van der Waals surface area contributed by atoms with Crippen molar-refractivity contribution in [3.63, 3.8) is 0 Å². The zero-order chi connectivity index (χ0) is 13.1. The third kappa shape index (κ3) is 2.39. The number of hydrogen-bond donors (Lipinski definition) is 1. The van der Waals surface area contributed by atoms with E-state index in [2.05, 4.69) is 36.9 Å². The zero-order valence-electron chi connectivity index (χ0n) is 11.1. The zero-order valence-corrected chi connectivity index (χ0v) is 11.1. The maximum absolute atomic E-state index is 9.40. The molecule has 0 radical (unpaired) electrons. The van der Waals surface area contributed by atoms with E-state index < -0.39 is 0 Å². The summed E-state index contributed by atoms with van der Waals surface area (Å²) >= 11 is 0. The summed E-state index contributed by atoms with van der Waals surface area (Å²) in [6.45, 7) is 4.27. The molecule has 0 saturated carbocycles. The largest absolute Gasteiger partial charge is 0.392 e. The van der Waals surface area contributed by atoms with E-state index in [0.29, 0.717) is 0 Å². The average molecular weight is 241 g/mol. The number of anilines is 2. The second-order valence-corrected chi connectivity index (χ2v) is 4.64. The van der Waals surface area contributed by atoms with Crippen molar-refractivity contribution < 1.29 is 5.11 Å². The molecule has 0 saturated heterocycles. The maximum Gasteiger partial charge on any atom is 0.0702 e. The highest BCUT2D eigenvalue weighted by Crippen LogP contribution is 2.29. The summed E-state index contributed by atoms with van der Waals surface area (Å²) in [6, 6.07) is 14.3. The van der Waals surface area contributed by atoms with Gasteiger partial charge < -0.3 is 10.0 Å². The van der Waals surface area contributed by atoms with Crippen LogP contribution in [0.4, 0.5) is 11.4 Å². The molecule has 0 atom stereocenters. The molecule has 0 unspecified atom stereocenters. The topological polar surface area (TPSA) is 23.5 Å². The van der Waals surface area contributed by atoms with Gasteiger partial charge in [0.1, 0.15) is 0 Å². The molecule has 2 aromatic carbocycles. The van der Waals surface area contributed by atoms with E-state index in [-0.39, 0.29) is 6.61 Å². The number of aliphatic hydroxyl groups excluding tert-OH is 1. The van der Waals surface area contributed by atoms with Crippen molar-refractivity contribution in [3.05, 3.63) is 59.2 Å². The number of aryl methyl sites for hydroxylation is 2. The summed E-state index contributed by atoms with van der Waals surface area (Å²) in [5, 5.41) is 9.40. The molecule has 18 heavy (non-hydrogen) atoms. The molecule has 2 aromatic rings. The first kappa shape index (κ1) is 12.7. The Balaban J connectivity index is 2.44. The molecule has 2 heteroatoms. The quantitative estimate of drug-likeness (QED) is 0.888. The highest BCUT2D eigenvalue weighted by atomic mass is 16.3. The molecule has 0 bridgehead atoms. The molecule has 2 nitrogen and oxygen atoms in total. The van der Waals surface area contributed by atoms with E-state index in [1.807, 2.05) is 31.3 Å². The van der Waals surface area contributed by atoms with E-state index in [4.69, 9.17) is 0 Å². The molecule has 0 aliphatic heterocycles. The second-order valence-electron chi connectivity index (χ2n) is 4.64. The van der Waals surface area contributed by atoms with Crippen LogP contribution in [0.5, 0.6) is 0 Å². The normalized spacial score (nSPS) is 10.4. The molecule has 0 spiro atoms. The van der Waals surface area contributed by atoms with E-state index >= 15 is 0 Å². The Morgan fingerprint density at radius 1 is 1.00 bits per heavy atom. The van der Waals surface area contributed by atoms with Crippen LogP contribution < -0.4 is 4.90 Å². The van der Waals surface area contributed by atoms with Gasteiger partial charge in [0.15, 0.2) is 0 Å². The Kier molecular flexibility index (Phi) is 3.68. The van der Waals surface area contributed by atoms with Gasteiger partial charge >= 0.3 is 0 Å². The van der Waals surface area contributed by atoms with Crippen molar-refractivity contribution in [3.8, 4) is 0 Å². The highest BCUT2D eigenvalue weighted by molar-refractivity contribution is 5.68. The molecular weight excluding hydrogens is 222 g/mol. The van der Waals surface area contributed by atoms with Crippen LogP contribution in [-0.4, -0.2) is 12.2 Å². The summed E-state index contributed by atoms with van der Waals surface area (Å²) in [7, 11) is 2.03. The van der Waals surface area contributed by atoms with Crippen molar-refractivity contribution in [2.75, 3.05) is 11.9 Å². The number of hydrogen-bond acceptors (Lipinski definition) is 2. The molecule has 2 rings (SSSR count). The first-order chi connectivity index (χ1) is 8.63. The minimum atomic E-state index is 0.0609. The number of nitrogens with zero attached hydrogens (tertiary/aromatic N) is 1. The first-order valence-electron chi connectivity index (χ1n) is 6.13. The third-order valence-corrected chi connectivity index (χ3v) is 3.24. The molecule has 0 aromatic heterocycles. The predicted molar refractivity (Wildman–Crippen MR) is 76.3 cm³/mol. The Hall–Kier alpha value is -1.80. The first-order valence-corrected chi connectivity index (χ1v) is 6.13. The van der Waals surface area contributed by atoms with E-state index in [9.17, 15) is 5.11 Å². The standard InChI is InChI=1S/C16H19NO/c1-12-8-9-15(13(2)10-12)17(3)16-7-5-4-6-14(16)11-18/h4-10,18H,11H2,1-3H3. The van der Waals surface area contributed by atoms with Gasteiger partial charge in [0.25, 0.3) is 0 Å². The fourth-order valence-electron chi connectivity index (χ4n) is 2.28. The van der Waals surface area contributed by atoms with Crippen LogP contribution in [0.3, 0.4) is 0 Å². The van der Waals surface area contributed by atoms with Crippen molar-refractivity contribution in [1.82, 2.24) is 0 Å². The number of rotatable bonds is 3. The van der Waals surface area contributed by atoms with Crippen LogP contribution in [0.1, 0.15) is 16.7 Å². The Bertz CT molecular complexity index is 549. The molecule has 0 heterocycles. The lowest BCUT2D eigenvalue weighted by atomic mass is 10.1. The smallest absolute Gasteiger partial charge is 0.0702 e. The molecule has 0 fully saturated rings. The molecule has 0 aliphatic carbocycles. The lowest BCUT2D eigenvalue weighted by Gasteiger charge is -2.24. The molecule has 0 amide bonds. The van der Waals surface area contributed by atoms with E-state index in [0.717, 1.165) is 11.3 Å². The van der Waals surface area contributed by atoms with Crippen molar-refractivity contribution in [2.45, 2.75) is 20.5 Å².